The van der Waals surface area contributed by atoms with Gasteiger partial charge in [0, 0.05) is 23.9 Å². The van der Waals surface area contributed by atoms with Gasteiger partial charge < -0.3 is 0 Å². The van der Waals surface area contributed by atoms with Gasteiger partial charge in [0.25, 0.3) is 0 Å². The van der Waals surface area contributed by atoms with Gasteiger partial charge in [-0.15, -0.1) is 0 Å². The standard InChI is InChI=1S/C14H16N2O/c1-9(17)11-7-4-8-12-13(10-5-3-6-10)15-16(2)14(11)12/h4,7-8,10H,3,5-6H2,1-2H3. The van der Waals surface area contributed by atoms with Crippen LogP contribution in [0.15, 0.2) is 18.2 Å². The molecule has 0 bridgehead atoms. The second kappa shape index (κ2) is 3.69. The van der Waals surface area contributed by atoms with E-state index in [-0.39, 0.29) is 5.78 Å². The number of aryl methyl sites for hydroxylation is 1. The number of Topliss-reactive ketones (excluding diaryl/α,β-unsaturated/α-hetero) is 1. The van der Waals surface area contributed by atoms with Gasteiger partial charge in [0.15, 0.2) is 5.78 Å². The molecule has 1 aliphatic rings. The molecule has 3 rings (SSSR count). The fraction of sp³-hybridized carbons (Fsp3) is 0.429. The van der Waals surface area contributed by atoms with E-state index in [1.807, 2.05) is 23.9 Å². The van der Waals surface area contributed by atoms with Gasteiger partial charge in [0.2, 0.25) is 0 Å². The first kappa shape index (κ1) is 10.5. The minimum absolute atomic E-state index is 0.110. The van der Waals surface area contributed by atoms with E-state index in [2.05, 4.69) is 11.2 Å². The van der Waals surface area contributed by atoms with Crippen LogP contribution in [0.1, 0.15) is 48.2 Å². The first-order chi connectivity index (χ1) is 8.18. The Hall–Kier alpha value is -1.64. The van der Waals surface area contributed by atoms with Gasteiger partial charge in [0.1, 0.15) is 0 Å². The molecule has 3 heteroatoms. The number of carbonyl (C=O) groups is 1. The summed E-state index contributed by atoms with van der Waals surface area (Å²) in [6.45, 7) is 1.62. The third kappa shape index (κ3) is 1.49. The zero-order chi connectivity index (χ0) is 12.0. The van der Waals surface area contributed by atoms with Crippen LogP contribution in [0.25, 0.3) is 10.9 Å². The normalized spacial score (nSPS) is 16.1. The summed E-state index contributed by atoms with van der Waals surface area (Å²) in [5.74, 6) is 0.708. The van der Waals surface area contributed by atoms with Gasteiger partial charge >= 0.3 is 0 Å². The van der Waals surface area contributed by atoms with Gasteiger partial charge in [-0.05, 0) is 25.8 Å². The maximum Gasteiger partial charge on any atom is 0.161 e. The summed E-state index contributed by atoms with van der Waals surface area (Å²) in [4.78, 5) is 11.6. The van der Waals surface area contributed by atoms with Gasteiger partial charge in [-0.1, -0.05) is 18.6 Å². The van der Waals surface area contributed by atoms with Crippen molar-refractivity contribution in [3.63, 3.8) is 0 Å². The first-order valence-corrected chi connectivity index (χ1v) is 6.15. The number of rotatable bonds is 2. The maximum absolute atomic E-state index is 11.6. The molecule has 3 nitrogen and oxygen atoms in total. The van der Waals surface area contributed by atoms with Crippen LogP contribution in [0.5, 0.6) is 0 Å². The van der Waals surface area contributed by atoms with Crippen LogP contribution in [-0.2, 0) is 7.05 Å². The molecule has 2 aromatic rings. The molecule has 1 heterocycles. The van der Waals surface area contributed by atoms with Gasteiger partial charge in [-0.25, -0.2) is 0 Å². The van der Waals surface area contributed by atoms with Crippen LogP contribution >= 0.6 is 0 Å². The fourth-order valence-electron chi connectivity index (χ4n) is 2.63. The number of hydrogen-bond acceptors (Lipinski definition) is 2. The topological polar surface area (TPSA) is 34.9 Å². The highest BCUT2D eigenvalue weighted by molar-refractivity contribution is 6.06. The van der Waals surface area contributed by atoms with Crippen molar-refractivity contribution in [2.24, 2.45) is 7.05 Å². The maximum atomic E-state index is 11.6. The van der Waals surface area contributed by atoms with Gasteiger partial charge in [0.05, 0.1) is 11.2 Å². The average Bonchev–Trinajstić information content (AvgIpc) is 2.54. The van der Waals surface area contributed by atoms with Crippen molar-refractivity contribution >= 4 is 16.7 Å². The summed E-state index contributed by atoms with van der Waals surface area (Å²) in [7, 11) is 1.93. The zero-order valence-corrected chi connectivity index (χ0v) is 10.2. The lowest BCUT2D eigenvalue weighted by atomic mass is 9.82. The molecule has 17 heavy (non-hydrogen) atoms. The summed E-state index contributed by atoms with van der Waals surface area (Å²) < 4.78 is 1.86. The lowest BCUT2D eigenvalue weighted by Gasteiger charge is -2.23. The Labute approximate surface area is 100 Å². The average molecular weight is 228 g/mol. The van der Waals surface area contributed by atoms with Gasteiger partial charge in [-0.2, -0.15) is 5.10 Å². The highest BCUT2D eigenvalue weighted by Crippen LogP contribution is 2.39. The Morgan fingerprint density at radius 2 is 2.18 bits per heavy atom. The van der Waals surface area contributed by atoms with E-state index >= 15 is 0 Å². The Balaban J connectivity index is 2.27. The third-order valence-electron chi connectivity index (χ3n) is 3.76. The summed E-state index contributed by atoms with van der Waals surface area (Å²) >= 11 is 0. The molecule has 0 unspecified atom stereocenters. The molecule has 1 aromatic carbocycles. The van der Waals surface area contributed by atoms with Crippen LogP contribution in [0.3, 0.4) is 0 Å². The predicted octanol–water partition coefficient (Wildman–Crippen LogP) is 3.04. The molecular weight excluding hydrogens is 212 g/mol. The monoisotopic (exact) mass is 228 g/mol. The molecule has 88 valence electrons. The van der Waals surface area contributed by atoms with Crippen molar-refractivity contribution in [1.29, 1.82) is 0 Å². The Bertz CT molecular complexity index is 594. The van der Waals surface area contributed by atoms with Crippen LogP contribution < -0.4 is 0 Å². The van der Waals surface area contributed by atoms with Crippen molar-refractivity contribution in [1.82, 2.24) is 9.78 Å². The number of para-hydroxylation sites is 1. The van der Waals surface area contributed by atoms with E-state index in [0.29, 0.717) is 5.92 Å². The van der Waals surface area contributed by atoms with E-state index in [0.717, 1.165) is 16.5 Å². The number of aromatic nitrogens is 2. The van der Waals surface area contributed by atoms with Crippen molar-refractivity contribution in [3.8, 4) is 0 Å². The Morgan fingerprint density at radius 1 is 1.41 bits per heavy atom. The second-order valence-electron chi connectivity index (χ2n) is 4.89. The SMILES string of the molecule is CC(=O)c1cccc2c(C3CCC3)nn(C)c12. The fourth-order valence-corrected chi connectivity index (χ4v) is 2.63. The number of benzene rings is 1. The smallest absolute Gasteiger partial charge is 0.161 e. The van der Waals surface area contributed by atoms with E-state index in [9.17, 15) is 4.79 Å². The zero-order valence-electron chi connectivity index (χ0n) is 10.2. The highest BCUT2D eigenvalue weighted by Gasteiger charge is 2.25. The summed E-state index contributed by atoms with van der Waals surface area (Å²) in [5.41, 5.74) is 2.95. The summed E-state index contributed by atoms with van der Waals surface area (Å²) in [6.07, 6.45) is 3.77. The number of hydrogen-bond donors (Lipinski definition) is 0. The minimum atomic E-state index is 0.110. The van der Waals surface area contributed by atoms with Gasteiger partial charge in [-0.3, -0.25) is 9.48 Å². The molecule has 0 amide bonds. The predicted molar refractivity (Wildman–Crippen MR) is 67.3 cm³/mol. The molecule has 0 spiro atoms. The summed E-state index contributed by atoms with van der Waals surface area (Å²) in [5, 5.41) is 5.78. The lowest BCUT2D eigenvalue weighted by molar-refractivity contribution is 0.101. The molecule has 1 fully saturated rings. The number of carbonyl (C=O) groups excluding carboxylic acids is 1. The number of ketones is 1. The molecule has 1 aliphatic carbocycles. The van der Waals surface area contributed by atoms with Crippen molar-refractivity contribution in [2.45, 2.75) is 32.1 Å². The molecule has 0 atom stereocenters. The van der Waals surface area contributed by atoms with E-state index in [4.69, 9.17) is 0 Å². The Morgan fingerprint density at radius 3 is 2.76 bits per heavy atom. The number of nitrogens with zero attached hydrogens (tertiary/aromatic N) is 2. The highest BCUT2D eigenvalue weighted by atomic mass is 16.1. The van der Waals surface area contributed by atoms with Crippen LogP contribution in [0.2, 0.25) is 0 Å². The molecule has 0 saturated heterocycles. The molecule has 0 radical (unpaired) electrons. The second-order valence-corrected chi connectivity index (χ2v) is 4.89. The summed E-state index contributed by atoms with van der Waals surface area (Å²) in [6, 6.07) is 5.93. The largest absolute Gasteiger partial charge is 0.294 e. The Kier molecular flexibility index (Phi) is 2.28. The van der Waals surface area contributed by atoms with Crippen LogP contribution in [0.4, 0.5) is 0 Å². The van der Waals surface area contributed by atoms with Crippen molar-refractivity contribution in [3.05, 3.63) is 29.5 Å². The molecule has 1 aromatic heterocycles. The third-order valence-corrected chi connectivity index (χ3v) is 3.76. The number of fused-ring (bicyclic) bond motifs is 1. The molecular formula is C14H16N2O. The van der Waals surface area contributed by atoms with Crippen molar-refractivity contribution in [2.75, 3.05) is 0 Å². The lowest BCUT2D eigenvalue weighted by Crippen LogP contribution is -2.09. The van der Waals surface area contributed by atoms with Crippen molar-refractivity contribution < 1.29 is 4.79 Å². The van der Waals surface area contributed by atoms with Crippen LogP contribution in [-0.4, -0.2) is 15.6 Å². The van der Waals surface area contributed by atoms with E-state index in [1.54, 1.807) is 6.92 Å². The van der Waals surface area contributed by atoms with E-state index < -0.39 is 0 Å². The van der Waals surface area contributed by atoms with E-state index in [1.165, 1.54) is 25.0 Å². The molecule has 0 N–H and O–H groups in total. The quantitative estimate of drug-likeness (QED) is 0.740. The molecule has 1 saturated carbocycles. The molecule has 0 aliphatic heterocycles. The first-order valence-electron chi connectivity index (χ1n) is 6.15. The minimum Gasteiger partial charge on any atom is -0.294 e. The van der Waals surface area contributed by atoms with Crippen LogP contribution in [0, 0.1) is 0 Å².